The van der Waals surface area contributed by atoms with Crippen LogP contribution in [0.3, 0.4) is 0 Å². The highest BCUT2D eigenvalue weighted by molar-refractivity contribution is 7.66. The molecule has 0 aromatic carbocycles. The number of hydrogen-bond donors (Lipinski definition) is 2. The third-order valence-corrected chi connectivity index (χ3v) is 7.15. The van der Waals surface area contributed by atoms with E-state index in [-0.39, 0.29) is 12.3 Å². The second-order valence-electron chi connectivity index (χ2n) is 5.63. The van der Waals surface area contributed by atoms with Crippen molar-refractivity contribution in [2.24, 2.45) is 0 Å². The Balaban J connectivity index is 3.91. The summed E-state index contributed by atoms with van der Waals surface area (Å²) in [6, 6.07) is 0. The molecule has 0 bridgehead atoms. The fourth-order valence-electron chi connectivity index (χ4n) is 2.11. The lowest BCUT2D eigenvalue weighted by atomic mass is 10.1. The first-order valence-corrected chi connectivity index (χ1v) is 11.7. The van der Waals surface area contributed by atoms with Crippen molar-refractivity contribution in [1.82, 2.24) is 0 Å². The Labute approximate surface area is 129 Å². The summed E-state index contributed by atoms with van der Waals surface area (Å²) in [5.41, 5.74) is 0. The lowest BCUT2D eigenvalue weighted by Gasteiger charge is -2.16. The Morgan fingerprint density at radius 2 is 1.00 bits per heavy atom. The standard InChI is InChI=1S/C14H32O5P2/c1-3-5-7-9-10-12-14-21(17,18)19-20(15,16)13-11-8-6-4-2/h3-14H2,1-2H3,(H,15,16)(H,17,18). The van der Waals surface area contributed by atoms with E-state index in [1.165, 1.54) is 6.42 Å². The summed E-state index contributed by atoms with van der Waals surface area (Å²) >= 11 is 0. The van der Waals surface area contributed by atoms with Crippen molar-refractivity contribution in [1.29, 1.82) is 0 Å². The zero-order valence-electron chi connectivity index (χ0n) is 13.5. The Bertz CT molecular complexity index is 346. The maximum Gasteiger partial charge on any atom is 0.335 e. The van der Waals surface area contributed by atoms with Gasteiger partial charge in [-0.05, 0) is 12.8 Å². The molecule has 2 unspecified atom stereocenters. The molecule has 0 amide bonds. The van der Waals surface area contributed by atoms with Crippen molar-refractivity contribution >= 4 is 15.2 Å². The SMILES string of the molecule is CCCCCCCCP(=O)(O)OP(=O)(O)CCCCCC. The van der Waals surface area contributed by atoms with Crippen molar-refractivity contribution in [2.75, 3.05) is 12.3 Å². The van der Waals surface area contributed by atoms with Gasteiger partial charge in [0.1, 0.15) is 0 Å². The summed E-state index contributed by atoms with van der Waals surface area (Å²) in [7, 11) is -7.87. The number of hydrogen-bond acceptors (Lipinski definition) is 3. The molecule has 2 N–H and O–H groups in total. The Morgan fingerprint density at radius 3 is 1.43 bits per heavy atom. The van der Waals surface area contributed by atoms with Gasteiger partial charge < -0.3 is 9.79 Å². The lowest BCUT2D eigenvalue weighted by molar-refractivity contribution is 0.329. The minimum Gasteiger partial charge on any atom is -0.324 e. The molecule has 5 nitrogen and oxygen atoms in total. The summed E-state index contributed by atoms with van der Waals surface area (Å²) in [5.74, 6) is 0. The van der Waals surface area contributed by atoms with Crippen LogP contribution in [-0.2, 0) is 13.4 Å². The minimum atomic E-state index is -3.94. The van der Waals surface area contributed by atoms with Gasteiger partial charge in [0, 0.05) is 0 Å². The fraction of sp³-hybridized carbons (Fsp3) is 1.00. The van der Waals surface area contributed by atoms with Gasteiger partial charge in [0.05, 0.1) is 12.3 Å². The van der Waals surface area contributed by atoms with Gasteiger partial charge in [0.2, 0.25) is 0 Å². The topological polar surface area (TPSA) is 83.8 Å². The Hall–Kier alpha value is 0.340. The van der Waals surface area contributed by atoms with Crippen LogP contribution in [0.25, 0.3) is 0 Å². The summed E-state index contributed by atoms with van der Waals surface area (Å²) in [5, 5.41) is 0. The van der Waals surface area contributed by atoms with E-state index >= 15 is 0 Å². The number of unbranched alkanes of at least 4 members (excludes halogenated alkanes) is 8. The average molecular weight is 342 g/mol. The van der Waals surface area contributed by atoms with Gasteiger partial charge in [-0.1, -0.05) is 65.2 Å². The molecule has 0 saturated carbocycles. The molecule has 0 heterocycles. The molecule has 0 fully saturated rings. The minimum absolute atomic E-state index is 0.0291. The van der Waals surface area contributed by atoms with Crippen molar-refractivity contribution in [3.63, 3.8) is 0 Å². The van der Waals surface area contributed by atoms with Crippen LogP contribution >= 0.6 is 15.2 Å². The third-order valence-electron chi connectivity index (χ3n) is 3.34. The summed E-state index contributed by atoms with van der Waals surface area (Å²) in [6.07, 6.45) is 9.28. The molecule has 0 aliphatic rings. The molecular formula is C14H32O5P2. The molecule has 21 heavy (non-hydrogen) atoms. The maximum atomic E-state index is 11.8. The monoisotopic (exact) mass is 342 g/mol. The van der Waals surface area contributed by atoms with Crippen LogP contribution in [-0.4, -0.2) is 22.1 Å². The molecule has 0 spiro atoms. The molecule has 0 aromatic heterocycles. The quantitative estimate of drug-likeness (QED) is 0.330. The number of rotatable bonds is 14. The van der Waals surface area contributed by atoms with Crippen molar-refractivity contribution in [3.8, 4) is 0 Å². The first-order valence-electron chi connectivity index (χ1n) is 8.18. The van der Waals surface area contributed by atoms with Gasteiger partial charge in [-0.3, -0.25) is 9.13 Å². The first-order chi connectivity index (χ1) is 9.83. The van der Waals surface area contributed by atoms with Crippen LogP contribution in [0.4, 0.5) is 0 Å². The van der Waals surface area contributed by atoms with Crippen LogP contribution in [0.5, 0.6) is 0 Å². The van der Waals surface area contributed by atoms with Crippen LogP contribution < -0.4 is 0 Å². The smallest absolute Gasteiger partial charge is 0.324 e. The van der Waals surface area contributed by atoms with Crippen LogP contribution in [0.1, 0.15) is 78.1 Å². The summed E-state index contributed by atoms with van der Waals surface area (Å²) in [4.78, 5) is 19.3. The molecule has 0 aliphatic carbocycles. The van der Waals surface area contributed by atoms with Gasteiger partial charge in [-0.2, -0.15) is 0 Å². The molecule has 2 atom stereocenters. The molecule has 0 aliphatic heterocycles. The van der Waals surface area contributed by atoms with Crippen molar-refractivity contribution in [3.05, 3.63) is 0 Å². The van der Waals surface area contributed by atoms with E-state index in [4.69, 9.17) is 0 Å². The molecule has 0 rings (SSSR count). The van der Waals surface area contributed by atoms with Crippen molar-refractivity contribution < 1.29 is 23.2 Å². The second-order valence-corrected chi connectivity index (χ2v) is 9.73. The van der Waals surface area contributed by atoms with Crippen molar-refractivity contribution in [2.45, 2.75) is 78.1 Å². The van der Waals surface area contributed by atoms with Gasteiger partial charge in [-0.25, -0.2) is 4.31 Å². The Kier molecular flexibility index (Phi) is 12.0. The predicted molar refractivity (Wildman–Crippen MR) is 88.0 cm³/mol. The molecule has 0 radical (unpaired) electrons. The zero-order chi connectivity index (χ0) is 16.2. The van der Waals surface area contributed by atoms with E-state index in [9.17, 15) is 18.9 Å². The lowest BCUT2D eigenvalue weighted by Crippen LogP contribution is -1.98. The third kappa shape index (κ3) is 13.7. The maximum absolute atomic E-state index is 11.8. The van der Waals surface area contributed by atoms with Gasteiger partial charge >= 0.3 is 15.2 Å². The van der Waals surface area contributed by atoms with Crippen LogP contribution in [0, 0.1) is 0 Å². The van der Waals surface area contributed by atoms with E-state index in [1.54, 1.807) is 0 Å². The highest BCUT2D eigenvalue weighted by Gasteiger charge is 2.30. The fourth-order valence-corrected chi connectivity index (χ4v) is 5.61. The van der Waals surface area contributed by atoms with Gasteiger partial charge in [0.15, 0.2) is 0 Å². The predicted octanol–water partition coefficient (Wildman–Crippen LogP) is 5.31. The second kappa shape index (κ2) is 11.8. The van der Waals surface area contributed by atoms with E-state index in [0.29, 0.717) is 12.8 Å². The largest absolute Gasteiger partial charge is 0.335 e. The molecule has 128 valence electrons. The highest BCUT2D eigenvalue weighted by atomic mass is 31.3. The average Bonchev–Trinajstić information content (AvgIpc) is 2.37. The first kappa shape index (κ1) is 21.3. The van der Waals surface area contributed by atoms with Gasteiger partial charge in [0.25, 0.3) is 0 Å². The van der Waals surface area contributed by atoms with E-state index in [2.05, 4.69) is 18.2 Å². The molecule has 0 aromatic rings. The zero-order valence-corrected chi connectivity index (χ0v) is 15.3. The van der Waals surface area contributed by atoms with E-state index in [1.807, 2.05) is 0 Å². The van der Waals surface area contributed by atoms with E-state index in [0.717, 1.165) is 44.9 Å². The molecule has 0 saturated heterocycles. The molecular weight excluding hydrogens is 310 g/mol. The molecule has 7 heteroatoms. The van der Waals surface area contributed by atoms with Crippen LogP contribution in [0.15, 0.2) is 0 Å². The highest BCUT2D eigenvalue weighted by Crippen LogP contribution is 2.59. The Morgan fingerprint density at radius 1 is 0.667 bits per heavy atom. The van der Waals surface area contributed by atoms with Gasteiger partial charge in [-0.15, -0.1) is 0 Å². The normalized spacial score (nSPS) is 17.3. The summed E-state index contributed by atoms with van der Waals surface area (Å²) in [6.45, 7) is 4.19. The van der Waals surface area contributed by atoms with Crippen LogP contribution in [0.2, 0.25) is 0 Å². The van der Waals surface area contributed by atoms with E-state index < -0.39 is 15.2 Å². The summed E-state index contributed by atoms with van der Waals surface area (Å²) < 4.78 is 28.2.